The molecule has 2 bridgehead atoms. The Morgan fingerprint density at radius 2 is 1.83 bits per heavy atom. The number of halogens is 1. The summed E-state index contributed by atoms with van der Waals surface area (Å²) in [7, 11) is 0. The number of carbonyl (C=O) groups excluding carboxylic acids is 3. The fourth-order valence-electron chi connectivity index (χ4n) is 4.54. The number of fused-ring (bicyclic) bond motifs is 5. The predicted octanol–water partition coefficient (Wildman–Crippen LogP) is 2.31. The summed E-state index contributed by atoms with van der Waals surface area (Å²) in [6.07, 6.45) is 3.07. The Morgan fingerprint density at radius 1 is 1.17 bits per heavy atom. The number of benzene rings is 1. The van der Waals surface area contributed by atoms with Gasteiger partial charge in [-0.05, 0) is 49.3 Å². The standard InChI is InChI=1S/C17H17ClN2O3/c18-11-2-1-3-12(7-11)19-13(21)8-20-16(22)14-9-4-5-10(6-9)15(14)17(20)23/h1-3,7,9-10,14-15H,4-6,8H2,(H,19,21)/t9-,10+,14-,15+. The maximum Gasteiger partial charge on any atom is 0.244 e. The van der Waals surface area contributed by atoms with Gasteiger partial charge in [-0.1, -0.05) is 17.7 Å². The zero-order valence-electron chi connectivity index (χ0n) is 12.5. The minimum atomic E-state index is -0.374. The molecule has 4 rings (SSSR count). The number of hydrogen-bond acceptors (Lipinski definition) is 3. The molecule has 120 valence electrons. The summed E-state index contributed by atoms with van der Waals surface area (Å²) in [5.41, 5.74) is 0.557. The molecule has 1 aromatic rings. The highest BCUT2D eigenvalue weighted by molar-refractivity contribution is 6.30. The van der Waals surface area contributed by atoms with Crippen LogP contribution in [0.3, 0.4) is 0 Å². The topological polar surface area (TPSA) is 66.5 Å². The predicted molar refractivity (Wildman–Crippen MR) is 84.6 cm³/mol. The van der Waals surface area contributed by atoms with Gasteiger partial charge in [-0.2, -0.15) is 0 Å². The lowest BCUT2D eigenvalue weighted by atomic mass is 9.81. The molecule has 1 saturated heterocycles. The second-order valence-electron chi connectivity index (χ2n) is 6.71. The van der Waals surface area contributed by atoms with Gasteiger partial charge in [0, 0.05) is 10.7 Å². The Morgan fingerprint density at radius 3 is 2.43 bits per heavy atom. The van der Waals surface area contributed by atoms with E-state index in [4.69, 9.17) is 11.6 Å². The van der Waals surface area contributed by atoms with Crippen molar-refractivity contribution in [1.82, 2.24) is 4.90 Å². The summed E-state index contributed by atoms with van der Waals surface area (Å²) < 4.78 is 0. The van der Waals surface area contributed by atoms with Crippen molar-refractivity contribution < 1.29 is 14.4 Å². The number of nitrogens with zero attached hydrogens (tertiary/aromatic N) is 1. The molecule has 6 heteroatoms. The van der Waals surface area contributed by atoms with Gasteiger partial charge < -0.3 is 5.32 Å². The molecule has 23 heavy (non-hydrogen) atoms. The van der Waals surface area contributed by atoms with Crippen LogP contribution in [0.4, 0.5) is 5.69 Å². The van der Waals surface area contributed by atoms with Crippen LogP contribution in [0.15, 0.2) is 24.3 Å². The number of rotatable bonds is 3. The number of likely N-dealkylation sites (tertiary alicyclic amines) is 1. The number of carbonyl (C=O) groups is 3. The highest BCUT2D eigenvalue weighted by Gasteiger charge is 2.60. The van der Waals surface area contributed by atoms with Gasteiger partial charge in [0.15, 0.2) is 0 Å². The second kappa shape index (κ2) is 5.34. The molecule has 5 nitrogen and oxygen atoms in total. The molecule has 3 fully saturated rings. The first kappa shape index (κ1) is 14.7. The van der Waals surface area contributed by atoms with Gasteiger partial charge in [0.05, 0.1) is 11.8 Å². The maximum absolute atomic E-state index is 12.5. The van der Waals surface area contributed by atoms with Crippen molar-refractivity contribution >= 4 is 35.0 Å². The molecule has 3 amide bonds. The van der Waals surface area contributed by atoms with E-state index >= 15 is 0 Å². The van der Waals surface area contributed by atoms with E-state index in [0.717, 1.165) is 24.2 Å². The third-order valence-electron chi connectivity index (χ3n) is 5.43. The SMILES string of the molecule is O=C(CN1C(=O)[C@@H]2[C@@H]3CC[C@@H](C3)[C@@H]2C1=O)Nc1cccc(Cl)c1. The molecule has 0 unspecified atom stereocenters. The molecule has 0 radical (unpaired) electrons. The molecule has 2 saturated carbocycles. The van der Waals surface area contributed by atoms with E-state index in [-0.39, 0.29) is 36.1 Å². The summed E-state index contributed by atoms with van der Waals surface area (Å²) in [6.45, 7) is -0.212. The molecule has 0 spiro atoms. The third kappa shape index (κ3) is 2.34. The van der Waals surface area contributed by atoms with Crippen LogP contribution in [0.5, 0.6) is 0 Å². The maximum atomic E-state index is 12.5. The lowest BCUT2D eigenvalue weighted by Gasteiger charge is -2.19. The van der Waals surface area contributed by atoms with E-state index in [9.17, 15) is 14.4 Å². The quantitative estimate of drug-likeness (QED) is 0.864. The molecular weight excluding hydrogens is 316 g/mol. The number of hydrogen-bond donors (Lipinski definition) is 1. The van der Waals surface area contributed by atoms with Crippen molar-refractivity contribution in [3.05, 3.63) is 29.3 Å². The Kier molecular flexibility index (Phi) is 3.41. The smallest absolute Gasteiger partial charge is 0.244 e. The van der Waals surface area contributed by atoms with Gasteiger partial charge >= 0.3 is 0 Å². The first-order valence-corrected chi connectivity index (χ1v) is 8.33. The monoisotopic (exact) mass is 332 g/mol. The summed E-state index contributed by atoms with van der Waals surface area (Å²) in [4.78, 5) is 38.4. The van der Waals surface area contributed by atoms with E-state index in [1.165, 1.54) is 0 Å². The van der Waals surface area contributed by atoms with Gasteiger partial charge in [0.1, 0.15) is 6.54 Å². The second-order valence-corrected chi connectivity index (χ2v) is 7.14. The Bertz CT molecular complexity index is 677. The molecule has 0 aromatic heterocycles. The molecule has 4 atom stereocenters. The van der Waals surface area contributed by atoms with Crippen LogP contribution in [-0.4, -0.2) is 29.2 Å². The molecule has 1 aromatic carbocycles. The molecular formula is C17H17ClN2O3. The van der Waals surface area contributed by atoms with E-state index in [1.807, 2.05) is 0 Å². The molecule has 3 aliphatic rings. The summed E-state index contributed by atoms with van der Waals surface area (Å²) in [5, 5.41) is 3.20. The average molecular weight is 333 g/mol. The average Bonchev–Trinajstić information content (AvgIpc) is 3.17. The van der Waals surface area contributed by atoms with Gasteiger partial charge in [-0.15, -0.1) is 0 Å². The fraction of sp³-hybridized carbons (Fsp3) is 0.471. The fourth-order valence-corrected chi connectivity index (χ4v) is 4.73. The number of nitrogens with one attached hydrogen (secondary N) is 1. The van der Waals surface area contributed by atoms with Crippen LogP contribution >= 0.6 is 11.6 Å². The molecule has 2 aliphatic carbocycles. The first-order valence-electron chi connectivity index (χ1n) is 7.95. The van der Waals surface area contributed by atoms with Crippen LogP contribution in [0, 0.1) is 23.7 Å². The van der Waals surface area contributed by atoms with Gasteiger partial charge in [0.2, 0.25) is 17.7 Å². The van der Waals surface area contributed by atoms with E-state index < -0.39 is 0 Å². The number of imide groups is 1. The van der Waals surface area contributed by atoms with E-state index in [1.54, 1.807) is 24.3 Å². The minimum absolute atomic E-state index is 0.159. The minimum Gasteiger partial charge on any atom is -0.324 e. The van der Waals surface area contributed by atoms with Crippen LogP contribution in [0.2, 0.25) is 5.02 Å². The highest BCUT2D eigenvalue weighted by Crippen LogP contribution is 2.56. The summed E-state index contributed by atoms with van der Waals surface area (Å²) in [6, 6.07) is 6.78. The van der Waals surface area contributed by atoms with E-state index in [0.29, 0.717) is 22.5 Å². The van der Waals surface area contributed by atoms with Crippen molar-refractivity contribution in [1.29, 1.82) is 0 Å². The van der Waals surface area contributed by atoms with Crippen molar-refractivity contribution in [3.8, 4) is 0 Å². The first-order chi connectivity index (χ1) is 11.0. The Hall–Kier alpha value is -1.88. The van der Waals surface area contributed by atoms with Crippen molar-refractivity contribution in [2.24, 2.45) is 23.7 Å². The van der Waals surface area contributed by atoms with Gasteiger partial charge in [-0.3, -0.25) is 19.3 Å². The lowest BCUT2D eigenvalue weighted by molar-refractivity contribution is -0.143. The van der Waals surface area contributed by atoms with Crippen molar-refractivity contribution in [3.63, 3.8) is 0 Å². The van der Waals surface area contributed by atoms with E-state index in [2.05, 4.69) is 5.32 Å². The lowest BCUT2D eigenvalue weighted by Crippen LogP contribution is -2.39. The van der Waals surface area contributed by atoms with Crippen molar-refractivity contribution in [2.45, 2.75) is 19.3 Å². The van der Waals surface area contributed by atoms with Gasteiger partial charge in [-0.25, -0.2) is 0 Å². The molecule has 1 heterocycles. The zero-order valence-corrected chi connectivity index (χ0v) is 13.3. The third-order valence-corrected chi connectivity index (χ3v) is 5.66. The molecule has 1 N–H and O–H groups in total. The van der Waals surface area contributed by atoms with Crippen LogP contribution in [0.25, 0.3) is 0 Å². The zero-order chi connectivity index (χ0) is 16.1. The summed E-state index contributed by atoms with van der Waals surface area (Å²) in [5.74, 6) is -0.381. The summed E-state index contributed by atoms with van der Waals surface area (Å²) >= 11 is 5.88. The van der Waals surface area contributed by atoms with Gasteiger partial charge in [0.25, 0.3) is 0 Å². The normalized spacial score (nSPS) is 31.6. The Balaban J connectivity index is 1.46. The Labute approximate surface area is 139 Å². The number of amides is 3. The highest BCUT2D eigenvalue weighted by atomic mass is 35.5. The van der Waals surface area contributed by atoms with Crippen molar-refractivity contribution in [2.75, 3.05) is 11.9 Å². The van der Waals surface area contributed by atoms with Crippen LogP contribution in [0.1, 0.15) is 19.3 Å². The van der Waals surface area contributed by atoms with Crippen LogP contribution < -0.4 is 5.32 Å². The molecule has 1 aliphatic heterocycles. The van der Waals surface area contributed by atoms with Crippen LogP contribution in [-0.2, 0) is 14.4 Å². The number of anilines is 1. The largest absolute Gasteiger partial charge is 0.324 e.